The first-order valence-corrected chi connectivity index (χ1v) is 7.80. The van der Waals surface area contributed by atoms with E-state index in [2.05, 4.69) is 21.2 Å². The van der Waals surface area contributed by atoms with Gasteiger partial charge in [0.1, 0.15) is 12.2 Å². The van der Waals surface area contributed by atoms with Crippen molar-refractivity contribution in [3.63, 3.8) is 0 Å². The Morgan fingerprint density at radius 3 is 3.20 bits per heavy atom. The highest BCUT2D eigenvalue weighted by molar-refractivity contribution is 7.09. The minimum atomic E-state index is -0.178. The molecule has 0 saturated carbocycles. The van der Waals surface area contributed by atoms with E-state index in [9.17, 15) is 0 Å². The molecule has 0 N–H and O–H groups in total. The number of morpholine rings is 1. The third kappa shape index (κ3) is 2.95. The second kappa shape index (κ2) is 5.93. The van der Waals surface area contributed by atoms with Gasteiger partial charge < -0.3 is 19.1 Å². The van der Waals surface area contributed by atoms with Gasteiger partial charge in [0.25, 0.3) is 0 Å². The quantitative estimate of drug-likeness (QED) is 0.842. The highest BCUT2D eigenvalue weighted by atomic mass is 32.1. The summed E-state index contributed by atoms with van der Waals surface area (Å²) < 4.78 is 21.2. The van der Waals surface area contributed by atoms with Crippen LogP contribution in [-0.2, 0) is 20.8 Å². The zero-order chi connectivity index (χ0) is 14.0. The Morgan fingerprint density at radius 2 is 2.45 bits per heavy atom. The second-order valence-electron chi connectivity index (χ2n) is 5.57. The zero-order valence-corrected chi connectivity index (χ0v) is 12.8. The molecule has 1 spiro atoms. The van der Waals surface area contributed by atoms with E-state index in [1.54, 1.807) is 7.11 Å². The van der Waals surface area contributed by atoms with E-state index in [1.807, 2.05) is 0 Å². The third-order valence-electron chi connectivity index (χ3n) is 3.70. The minimum absolute atomic E-state index is 0.178. The lowest BCUT2D eigenvalue weighted by Crippen LogP contribution is -2.58. The summed E-state index contributed by atoms with van der Waals surface area (Å²) in [5.41, 5.74) is -0.178. The van der Waals surface area contributed by atoms with Crippen molar-refractivity contribution < 1.29 is 14.2 Å². The van der Waals surface area contributed by atoms with Gasteiger partial charge in [0.05, 0.1) is 19.3 Å². The highest BCUT2D eigenvalue weighted by Gasteiger charge is 2.42. The lowest BCUT2D eigenvalue weighted by molar-refractivity contribution is -0.160. The van der Waals surface area contributed by atoms with E-state index in [0.717, 1.165) is 43.5 Å². The van der Waals surface area contributed by atoms with Gasteiger partial charge in [-0.2, -0.15) is 4.37 Å². The predicted octanol–water partition coefficient (Wildman–Crippen LogP) is 1.46. The topological polar surface area (TPSA) is 56.7 Å². The van der Waals surface area contributed by atoms with Gasteiger partial charge in [-0.3, -0.25) is 0 Å². The average molecular weight is 299 g/mol. The molecule has 1 aromatic heterocycles. The number of aromatic nitrogens is 2. The van der Waals surface area contributed by atoms with Crippen molar-refractivity contribution >= 4 is 16.7 Å². The second-order valence-corrected chi connectivity index (χ2v) is 6.30. The summed E-state index contributed by atoms with van der Waals surface area (Å²) in [5, 5.41) is 0.956. The van der Waals surface area contributed by atoms with Gasteiger partial charge in [0.2, 0.25) is 5.13 Å². The highest BCUT2D eigenvalue weighted by Crippen LogP contribution is 2.33. The van der Waals surface area contributed by atoms with E-state index in [0.29, 0.717) is 13.2 Å². The zero-order valence-electron chi connectivity index (χ0n) is 12.0. The molecule has 2 atom stereocenters. The van der Waals surface area contributed by atoms with Crippen molar-refractivity contribution in [2.75, 3.05) is 38.3 Å². The van der Waals surface area contributed by atoms with Gasteiger partial charge in [-0.1, -0.05) is 0 Å². The molecule has 2 aliphatic rings. The van der Waals surface area contributed by atoms with Crippen molar-refractivity contribution in [3.8, 4) is 0 Å². The molecule has 0 aromatic carbocycles. The molecule has 3 heterocycles. The molecule has 0 aliphatic carbocycles. The van der Waals surface area contributed by atoms with Gasteiger partial charge in [-0.05, 0) is 19.8 Å². The average Bonchev–Trinajstić information content (AvgIpc) is 2.88. The van der Waals surface area contributed by atoms with Crippen LogP contribution >= 0.6 is 11.5 Å². The Bertz CT molecular complexity index is 448. The Labute approximate surface area is 123 Å². The first-order chi connectivity index (χ1) is 9.71. The van der Waals surface area contributed by atoms with Crippen LogP contribution in [-0.4, -0.2) is 54.5 Å². The molecule has 0 radical (unpaired) electrons. The molecule has 7 heteroatoms. The molecule has 0 amide bonds. The maximum Gasteiger partial charge on any atom is 0.205 e. The van der Waals surface area contributed by atoms with Crippen molar-refractivity contribution in [2.24, 2.45) is 0 Å². The maximum atomic E-state index is 6.19. The molecular formula is C13H21N3O3S. The van der Waals surface area contributed by atoms with Crippen LogP contribution in [0.1, 0.15) is 25.6 Å². The van der Waals surface area contributed by atoms with Crippen LogP contribution in [0.3, 0.4) is 0 Å². The number of methoxy groups -OCH3 is 1. The SMILES string of the molecule is COCc1nsc(N2C[C@@H](C)O[C@]3(CCCOC3)C2)n1. The molecular weight excluding hydrogens is 278 g/mol. The summed E-state index contributed by atoms with van der Waals surface area (Å²) in [7, 11) is 1.66. The van der Waals surface area contributed by atoms with Crippen molar-refractivity contribution in [1.29, 1.82) is 0 Å². The van der Waals surface area contributed by atoms with Crippen LogP contribution < -0.4 is 4.90 Å². The lowest BCUT2D eigenvalue weighted by atomic mass is 9.93. The van der Waals surface area contributed by atoms with Crippen LogP contribution in [0.4, 0.5) is 5.13 Å². The van der Waals surface area contributed by atoms with E-state index in [1.165, 1.54) is 11.5 Å². The molecule has 3 rings (SSSR count). The fourth-order valence-corrected chi connectivity index (χ4v) is 3.66. The first kappa shape index (κ1) is 14.2. The molecule has 6 nitrogen and oxygen atoms in total. The summed E-state index contributed by atoms with van der Waals surface area (Å²) in [6, 6.07) is 0. The Kier molecular flexibility index (Phi) is 4.21. The number of hydrogen-bond donors (Lipinski definition) is 0. The Morgan fingerprint density at radius 1 is 1.55 bits per heavy atom. The summed E-state index contributed by atoms with van der Waals surface area (Å²) >= 11 is 1.43. The standard InChI is InChI=1S/C13H21N3O3S/c1-10-6-16(12-14-11(7-17-2)15-20-12)8-13(19-10)4-3-5-18-9-13/h10H,3-9H2,1-2H3/t10-,13-/m1/s1. The van der Waals surface area contributed by atoms with Gasteiger partial charge in [0.15, 0.2) is 5.82 Å². The van der Waals surface area contributed by atoms with Crippen LogP contribution in [0.25, 0.3) is 0 Å². The maximum absolute atomic E-state index is 6.19. The monoisotopic (exact) mass is 299 g/mol. The van der Waals surface area contributed by atoms with Crippen LogP contribution in [0.2, 0.25) is 0 Å². The molecule has 20 heavy (non-hydrogen) atoms. The summed E-state index contributed by atoms with van der Waals surface area (Å²) in [6.45, 7) is 5.78. The number of hydrogen-bond acceptors (Lipinski definition) is 7. The van der Waals surface area contributed by atoms with Gasteiger partial charge in [-0.15, -0.1) is 0 Å². The van der Waals surface area contributed by atoms with Crippen LogP contribution in [0, 0.1) is 0 Å². The van der Waals surface area contributed by atoms with Crippen molar-refractivity contribution in [1.82, 2.24) is 9.36 Å². The van der Waals surface area contributed by atoms with Crippen LogP contribution in [0.15, 0.2) is 0 Å². The van der Waals surface area contributed by atoms with E-state index in [4.69, 9.17) is 14.2 Å². The van der Waals surface area contributed by atoms with Gasteiger partial charge in [-0.25, -0.2) is 4.98 Å². The number of nitrogens with zero attached hydrogens (tertiary/aromatic N) is 3. The van der Waals surface area contributed by atoms with Gasteiger partial charge in [0, 0.05) is 31.8 Å². The Hall–Kier alpha value is -0.760. The normalized spacial score (nSPS) is 30.9. The Balaban J connectivity index is 1.74. The van der Waals surface area contributed by atoms with Crippen molar-refractivity contribution in [3.05, 3.63) is 5.82 Å². The molecule has 2 aliphatic heterocycles. The molecule has 2 fully saturated rings. The van der Waals surface area contributed by atoms with Crippen LogP contribution in [0.5, 0.6) is 0 Å². The summed E-state index contributed by atoms with van der Waals surface area (Å²) in [5.74, 6) is 0.751. The van der Waals surface area contributed by atoms with Crippen molar-refractivity contribution in [2.45, 2.75) is 38.1 Å². The predicted molar refractivity (Wildman–Crippen MR) is 76.2 cm³/mol. The third-order valence-corrected chi connectivity index (χ3v) is 4.51. The van der Waals surface area contributed by atoms with Gasteiger partial charge >= 0.3 is 0 Å². The molecule has 2 saturated heterocycles. The first-order valence-electron chi connectivity index (χ1n) is 7.03. The molecule has 0 bridgehead atoms. The number of anilines is 1. The number of ether oxygens (including phenoxy) is 3. The fourth-order valence-electron chi connectivity index (χ4n) is 2.98. The molecule has 0 unspecified atom stereocenters. The largest absolute Gasteiger partial charge is 0.378 e. The summed E-state index contributed by atoms with van der Waals surface area (Å²) in [6.07, 6.45) is 2.30. The summed E-state index contributed by atoms with van der Waals surface area (Å²) in [4.78, 5) is 6.83. The van der Waals surface area contributed by atoms with E-state index < -0.39 is 0 Å². The minimum Gasteiger partial charge on any atom is -0.378 e. The molecule has 112 valence electrons. The van der Waals surface area contributed by atoms with E-state index >= 15 is 0 Å². The van der Waals surface area contributed by atoms with E-state index in [-0.39, 0.29) is 11.7 Å². The molecule has 1 aromatic rings. The lowest BCUT2D eigenvalue weighted by Gasteiger charge is -2.47. The number of rotatable bonds is 3. The smallest absolute Gasteiger partial charge is 0.205 e. The fraction of sp³-hybridized carbons (Fsp3) is 0.846.